The lowest BCUT2D eigenvalue weighted by molar-refractivity contribution is 0.614. The number of aromatic nitrogens is 2. The number of guanidine groups is 1. The molecule has 0 saturated heterocycles. The first-order chi connectivity index (χ1) is 12.3. The molecule has 2 N–H and O–H groups in total. The predicted octanol–water partition coefficient (Wildman–Crippen LogP) is 2.88. The van der Waals surface area contributed by atoms with E-state index in [1.54, 1.807) is 0 Å². The summed E-state index contributed by atoms with van der Waals surface area (Å²) < 4.78 is 2.08. The third kappa shape index (κ3) is 5.26. The predicted molar refractivity (Wildman–Crippen MR) is 106 cm³/mol. The molecule has 0 amide bonds. The van der Waals surface area contributed by atoms with Crippen molar-refractivity contribution in [2.24, 2.45) is 4.99 Å². The Morgan fingerprint density at radius 3 is 2.96 bits per heavy atom. The Morgan fingerprint density at radius 1 is 1.36 bits per heavy atom. The van der Waals surface area contributed by atoms with Crippen LogP contribution < -0.4 is 10.6 Å². The summed E-state index contributed by atoms with van der Waals surface area (Å²) >= 11 is 1.98. The van der Waals surface area contributed by atoms with Crippen molar-refractivity contribution in [3.8, 4) is 0 Å². The third-order valence-electron chi connectivity index (χ3n) is 4.66. The maximum absolute atomic E-state index is 4.38. The van der Waals surface area contributed by atoms with Gasteiger partial charge in [0.05, 0.1) is 6.33 Å². The van der Waals surface area contributed by atoms with Crippen LogP contribution in [-0.4, -0.2) is 40.1 Å². The van der Waals surface area contributed by atoms with Gasteiger partial charge in [0.1, 0.15) is 0 Å². The van der Waals surface area contributed by atoms with Gasteiger partial charge in [-0.1, -0.05) is 24.3 Å². The van der Waals surface area contributed by atoms with Crippen molar-refractivity contribution in [1.82, 2.24) is 20.2 Å². The summed E-state index contributed by atoms with van der Waals surface area (Å²) in [5.41, 5.74) is 2.54. The largest absolute Gasteiger partial charge is 0.354 e. The van der Waals surface area contributed by atoms with Crippen LogP contribution >= 0.6 is 11.8 Å². The van der Waals surface area contributed by atoms with E-state index in [1.165, 1.54) is 30.4 Å². The highest BCUT2D eigenvalue weighted by Gasteiger charge is 2.24. The number of aliphatic imine (C=N–C) groups is 1. The van der Waals surface area contributed by atoms with Gasteiger partial charge in [-0.3, -0.25) is 4.99 Å². The first kappa shape index (κ1) is 17.9. The average molecular weight is 358 g/mol. The molecule has 2 aromatic rings. The second-order valence-electron chi connectivity index (χ2n) is 6.49. The van der Waals surface area contributed by atoms with Gasteiger partial charge in [-0.2, -0.15) is 11.8 Å². The molecule has 1 heterocycles. The fourth-order valence-electron chi connectivity index (χ4n) is 3.29. The van der Waals surface area contributed by atoms with Crippen LogP contribution in [0.1, 0.15) is 30.4 Å². The van der Waals surface area contributed by atoms with E-state index >= 15 is 0 Å². The molecule has 0 aliphatic heterocycles. The molecule has 5 nitrogen and oxygen atoms in total. The van der Waals surface area contributed by atoms with Gasteiger partial charge in [-0.15, -0.1) is 0 Å². The van der Waals surface area contributed by atoms with Crippen molar-refractivity contribution in [3.63, 3.8) is 0 Å². The number of imidazole rings is 1. The fraction of sp³-hybridized carbons (Fsp3) is 0.474. The quantitative estimate of drug-likeness (QED) is 0.617. The van der Waals surface area contributed by atoms with Crippen LogP contribution in [0.25, 0.3) is 0 Å². The molecule has 2 atom stereocenters. The van der Waals surface area contributed by atoms with E-state index in [0.29, 0.717) is 6.04 Å². The van der Waals surface area contributed by atoms with E-state index in [2.05, 4.69) is 55.7 Å². The summed E-state index contributed by atoms with van der Waals surface area (Å²) in [5.74, 6) is 0.895. The first-order valence-corrected chi connectivity index (χ1v) is 10.1. The molecular formula is C19H27N5S. The van der Waals surface area contributed by atoms with E-state index in [9.17, 15) is 0 Å². The maximum atomic E-state index is 4.38. The molecule has 1 aromatic carbocycles. The maximum Gasteiger partial charge on any atom is 0.191 e. The smallest absolute Gasteiger partial charge is 0.191 e. The Hall–Kier alpha value is -1.95. The molecule has 3 rings (SSSR count). The van der Waals surface area contributed by atoms with Gasteiger partial charge in [0.15, 0.2) is 5.96 Å². The van der Waals surface area contributed by atoms with Crippen LogP contribution in [0.3, 0.4) is 0 Å². The molecule has 0 radical (unpaired) electrons. The molecule has 134 valence electrons. The van der Waals surface area contributed by atoms with Crippen molar-refractivity contribution in [2.45, 2.75) is 43.6 Å². The van der Waals surface area contributed by atoms with Gasteiger partial charge in [-0.25, -0.2) is 4.98 Å². The Balaban J connectivity index is 1.51. The number of benzene rings is 1. The summed E-state index contributed by atoms with van der Waals surface area (Å²) in [6, 6.07) is 9.18. The van der Waals surface area contributed by atoms with Gasteiger partial charge >= 0.3 is 0 Å². The van der Waals surface area contributed by atoms with Crippen LogP contribution in [0.4, 0.5) is 0 Å². The zero-order chi connectivity index (χ0) is 17.5. The standard InChI is InChI=1S/C19H27N5S/c1-20-19(23-17-6-7-18(11-17)25-2)22-12-15-4-3-5-16(10-15)13-24-9-8-21-14-24/h3-5,8-10,14,17-18H,6-7,11-13H2,1-2H3,(H2,20,22,23). The Kier molecular flexibility index (Phi) is 6.39. The average Bonchev–Trinajstić information content (AvgIpc) is 3.30. The van der Waals surface area contributed by atoms with Crippen LogP contribution in [0.15, 0.2) is 48.0 Å². The molecule has 1 aromatic heterocycles. The van der Waals surface area contributed by atoms with Gasteiger partial charge in [-0.05, 0) is 36.6 Å². The minimum absolute atomic E-state index is 0.538. The lowest BCUT2D eigenvalue weighted by Crippen LogP contribution is -2.42. The molecule has 1 aliphatic rings. The number of nitrogens with zero attached hydrogens (tertiary/aromatic N) is 3. The molecular weight excluding hydrogens is 330 g/mol. The van der Waals surface area contributed by atoms with Crippen LogP contribution in [0, 0.1) is 0 Å². The Bertz CT molecular complexity index is 683. The van der Waals surface area contributed by atoms with Crippen LogP contribution in [0.5, 0.6) is 0 Å². The molecule has 1 aliphatic carbocycles. The highest BCUT2D eigenvalue weighted by molar-refractivity contribution is 7.99. The van der Waals surface area contributed by atoms with Crippen LogP contribution in [-0.2, 0) is 13.1 Å². The van der Waals surface area contributed by atoms with E-state index in [0.717, 1.165) is 24.3 Å². The summed E-state index contributed by atoms with van der Waals surface area (Å²) in [5, 5.41) is 7.80. The van der Waals surface area contributed by atoms with E-state index < -0.39 is 0 Å². The molecule has 0 spiro atoms. The molecule has 2 unspecified atom stereocenters. The molecule has 1 saturated carbocycles. The van der Waals surface area contributed by atoms with Gasteiger partial charge < -0.3 is 15.2 Å². The monoisotopic (exact) mass is 357 g/mol. The summed E-state index contributed by atoms with van der Waals surface area (Å²) in [4.78, 5) is 8.47. The lowest BCUT2D eigenvalue weighted by Gasteiger charge is -2.17. The van der Waals surface area contributed by atoms with E-state index in [1.807, 2.05) is 37.5 Å². The minimum Gasteiger partial charge on any atom is -0.354 e. The number of nitrogens with one attached hydrogen (secondary N) is 2. The molecule has 6 heteroatoms. The van der Waals surface area contributed by atoms with Gasteiger partial charge in [0.25, 0.3) is 0 Å². The number of hydrogen-bond donors (Lipinski definition) is 2. The fourth-order valence-corrected chi connectivity index (χ4v) is 4.08. The van der Waals surface area contributed by atoms with Crippen molar-refractivity contribution in [1.29, 1.82) is 0 Å². The number of rotatable bonds is 6. The van der Waals surface area contributed by atoms with E-state index in [-0.39, 0.29) is 0 Å². The normalized spacial score (nSPS) is 20.6. The SMILES string of the molecule is CN=C(NCc1cccc(Cn2ccnc2)c1)NC1CCC(SC)C1. The summed E-state index contributed by atoms with van der Waals surface area (Å²) in [6.07, 6.45) is 11.6. The Labute approximate surface area is 154 Å². The second kappa shape index (κ2) is 8.94. The second-order valence-corrected chi connectivity index (χ2v) is 7.63. The first-order valence-electron chi connectivity index (χ1n) is 8.80. The molecule has 1 fully saturated rings. The summed E-state index contributed by atoms with van der Waals surface area (Å²) in [6.45, 7) is 1.62. The molecule has 0 bridgehead atoms. The van der Waals surface area contributed by atoms with Crippen LogP contribution in [0.2, 0.25) is 0 Å². The zero-order valence-corrected chi connectivity index (χ0v) is 15.8. The highest BCUT2D eigenvalue weighted by Crippen LogP contribution is 2.28. The van der Waals surface area contributed by atoms with Gasteiger partial charge in [0.2, 0.25) is 0 Å². The topological polar surface area (TPSA) is 54.2 Å². The van der Waals surface area contributed by atoms with Gasteiger partial charge in [0, 0.05) is 43.8 Å². The van der Waals surface area contributed by atoms with Crippen molar-refractivity contribution >= 4 is 17.7 Å². The Morgan fingerprint density at radius 2 is 2.24 bits per heavy atom. The van der Waals surface area contributed by atoms with Crippen molar-refractivity contribution in [3.05, 3.63) is 54.1 Å². The summed E-state index contributed by atoms with van der Waals surface area (Å²) in [7, 11) is 1.84. The van der Waals surface area contributed by atoms with Crippen molar-refractivity contribution < 1.29 is 0 Å². The molecule has 25 heavy (non-hydrogen) atoms. The highest BCUT2D eigenvalue weighted by atomic mass is 32.2. The zero-order valence-electron chi connectivity index (χ0n) is 15.0. The van der Waals surface area contributed by atoms with E-state index in [4.69, 9.17) is 0 Å². The minimum atomic E-state index is 0.538. The van der Waals surface area contributed by atoms with Crippen molar-refractivity contribution in [2.75, 3.05) is 13.3 Å². The lowest BCUT2D eigenvalue weighted by atomic mass is 10.1. The number of thioether (sulfide) groups is 1. The third-order valence-corrected chi connectivity index (χ3v) is 5.75. The number of hydrogen-bond acceptors (Lipinski definition) is 3.